The molecule has 0 aromatic carbocycles. The molecule has 0 radical (unpaired) electrons. The Bertz CT molecular complexity index is 424. The van der Waals surface area contributed by atoms with E-state index in [0.29, 0.717) is 17.0 Å². The molecule has 1 aromatic heterocycles. The molecule has 0 bridgehead atoms. The van der Waals surface area contributed by atoms with Gasteiger partial charge in [-0.1, -0.05) is 6.58 Å². The Morgan fingerprint density at radius 3 is 2.44 bits per heavy atom. The quantitative estimate of drug-likeness (QED) is 0.771. The van der Waals surface area contributed by atoms with E-state index in [0.717, 1.165) is 5.57 Å². The number of rotatable bonds is 3. The monoisotopic (exact) mass is 223 g/mol. The molecule has 0 saturated heterocycles. The molecule has 2 N–H and O–H groups in total. The van der Waals surface area contributed by atoms with Crippen LogP contribution in [0.2, 0.25) is 0 Å². The molecule has 0 fully saturated rings. The summed E-state index contributed by atoms with van der Waals surface area (Å²) in [6.45, 7) is 8.92. The molecule has 4 nitrogen and oxygen atoms in total. The zero-order chi connectivity index (χ0) is 12.5. The number of hydrogen-bond acceptors (Lipinski definition) is 3. The number of hydrogen-bond donors (Lipinski definition) is 2. The van der Waals surface area contributed by atoms with Crippen LogP contribution in [0.4, 0.5) is 0 Å². The van der Waals surface area contributed by atoms with Gasteiger partial charge < -0.3 is 14.8 Å². The summed E-state index contributed by atoms with van der Waals surface area (Å²) in [7, 11) is 1.31. The highest BCUT2D eigenvalue weighted by molar-refractivity contribution is 5.88. The Labute approximate surface area is 94.9 Å². The summed E-state index contributed by atoms with van der Waals surface area (Å²) < 4.78 is 4.62. The van der Waals surface area contributed by atoms with Crippen molar-refractivity contribution < 1.29 is 14.6 Å². The lowest BCUT2D eigenvalue weighted by molar-refractivity contribution is 0.0594. The van der Waals surface area contributed by atoms with Crippen LogP contribution in [0, 0.1) is 0 Å². The predicted octanol–water partition coefficient (Wildman–Crippen LogP) is 2.06. The summed E-state index contributed by atoms with van der Waals surface area (Å²) >= 11 is 0. The Hall–Kier alpha value is -1.55. The van der Waals surface area contributed by atoms with Crippen molar-refractivity contribution in [1.29, 1.82) is 0 Å². The molecule has 0 unspecified atom stereocenters. The maximum atomic E-state index is 11.4. The van der Waals surface area contributed by atoms with Crippen LogP contribution in [-0.2, 0) is 10.3 Å². The first-order valence-corrected chi connectivity index (χ1v) is 4.97. The Morgan fingerprint density at radius 1 is 1.56 bits per heavy atom. The molecule has 16 heavy (non-hydrogen) atoms. The molecular formula is C12H17NO3. The fraction of sp³-hybridized carbons (Fsp3) is 0.417. The number of aliphatic hydroxyl groups is 1. The Balaban J connectivity index is 3.32. The second-order valence-electron chi connectivity index (χ2n) is 4.30. The minimum absolute atomic E-state index is 0.317. The van der Waals surface area contributed by atoms with E-state index >= 15 is 0 Å². The van der Waals surface area contributed by atoms with E-state index in [-0.39, 0.29) is 0 Å². The first-order valence-electron chi connectivity index (χ1n) is 4.97. The number of nitrogens with one attached hydrogen (secondary N) is 1. The minimum atomic E-state index is -1.03. The minimum Gasteiger partial charge on any atom is -0.464 e. The lowest BCUT2D eigenvalue weighted by Gasteiger charge is -2.17. The van der Waals surface area contributed by atoms with Crippen LogP contribution in [0.1, 0.15) is 42.5 Å². The largest absolute Gasteiger partial charge is 0.464 e. The number of methoxy groups -OCH3 is 1. The number of ether oxygens (including phenoxy) is 1. The molecule has 1 rings (SSSR count). The predicted molar refractivity (Wildman–Crippen MR) is 62.1 cm³/mol. The van der Waals surface area contributed by atoms with Gasteiger partial charge in [0.05, 0.1) is 12.7 Å². The summed E-state index contributed by atoms with van der Waals surface area (Å²) in [5.41, 5.74) is 1.36. The zero-order valence-electron chi connectivity index (χ0n) is 10.0. The van der Waals surface area contributed by atoms with Crippen molar-refractivity contribution >= 4 is 11.5 Å². The van der Waals surface area contributed by atoms with E-state index in [1.165, 1.54) is 7.11 Å². The molecule has 0 atom stereocenters. The number of H-pyrrole nitrogens is 1. The average Bonchev–Trinajstić information content (AvgIpc) is 2.60. The van der Waals surface area contributed by atoms with Gasteiger partial charge in [0.2, 0.25) is 0 Å². The van der Waals surface area contributed by atoms with E-state index in [1.54, 1.807) is 19.9 Å². The number of esters is 1. The average molecular weight is 223 g/mol. The highest BCUT2D eigenvalue weighted by Crippen LogP contribution is 2.28. The second-order valence-corrected chi connectivity index (χ2v) is 4.30. The van der Waals surface area contributed by atoms with Gasteiger partial charge in [-0.3, -0.25) is 0 Å². The smallest absolute Gasteiger partial charge is 0.354 e. The third-order valence-electron chi connectivity index (χ3n) is 2.31. The molecule has 1 aromatic rings. The van der Waals surface area contributed by atoms with E-state index in [9.17, 15) is 9.90 Å². The Morgan fingerprint density at radius 2 is 2.12 bits per heavy atom. The van der Waals surface area contributed by atoms with Crippen molar-refractivity contribution in [3.8, 4) is 0 Å². The fourth-order valence-corrected chi connectivity index (χ4v) is 1.49. The molecular weight excluding hydrogens is 206 g/mol. The van der Waals surface area contributed by atoms with Gasteiger partial charge in [-0.25, -0.2) is 4.79 Å². The maximum absolute atomic E-state index is 11.4. The fourth-order valence-electron chi connectivity index (χ4n) is 1.49. The Kier molecular flexibility index (Phi) is 3.24. The molecule has 88 valence electrons. The van der Waals surface area contributed by atoms with Gasteiger partial charge in [-0.15, -0.1) is 0 Å². The first-order chi connectivity index (χ1) is 7.27. The number of aromatic amines is 1. The van der Waals surface area contributed by atoms with Gasteiger partial charge >= 0.3 is 5.97 Å². The summed E-state index contributed by atoms with van der Waals surface area (Å²) in [6, 6.07) is 1.59. The van der Waals surface area contributed by atoms with Crippen LogP contribution in [0.15, 0.2) is 12.6 Å². The van der Waals surface area contributed by atoms with Gasteiger partial charge in [0.25, 0.3) is 0 Å². The highest BCUT2D eigenvalue weighted by Gasteiger charge is 2.25. The standard InChI is InChI=1S/C12H17NO3/c1-7(2)10-8(12(3,4)15)6-9(13-10)11(14)16-5/h6,13,15H,1H2,2-5H3. The van der Waals surface area contributed by atoms with Crippen LogP contribution in [0.5, 0.6) is 0 Å². The number of aromatic nitrogens is 1. The van der Waals surface area contributed by atoms with Crippen molar-refractivity contribution in [3.05, 3.63) is 29.6 Å². The van der Waals surface area contributed by atoms with Crippen molar-refractivity contribution in [3.63, 3.8) is 0 Å². The third-order valence-corrected chi connectivity index (χ3v) is 2.31. The number of carbonyl (C=O) groups excluding carboxylic acids is 1. The molecule has 0 aliphatic rings. The topological polar surface area (TPSA) is 62.3 Å². The van der Waals surface area contributed by atoms with E-state index < -0.39 is 11.6 Å². The van der Waals surface area contributed by atoms with Crippen LogP contribution < -0.4 is 0 Å². The van der Waals surface area contributed by atoms with Crippen molar-refractivity contribution in [2.24, 2.45) is 0 Å². The van der Waals surface area contributed by atoms with Crippen molar-refractivity contribution in [2.75, 3.05) is 7.11 Å². The highest BCUT2D eigenvalue weighted by atomic mass is 16.5. The van der Waals surface area contributed by atoms with Crippen LogP contribution in [-0.4, -0.2) is 23.2 Å². The van der Waals surface area contributed by atoms with Gasteiger partial charge in [0.15, 0.2) is 0 Å². The summed E-state index contributed by atoms with van der Waals surface area (Å²) in [6.07, 6.45) is 0. The molecule has 0 aliphatic carbocycles. The van der Waals surface area contributed by atoms with Crippen LogP contribution >= 0.6 is 0 Å². The van der Waals surface area contributed by atoms with Crippen molar-refractivity contribution in [1.82, 2.24) is 4.98 Å². The molecule has 0 aliphatic heterocycles. The maximum Gasteiger partial charge on any atom is 0.354 e. The molecule has 0 saturated carbocycles. The molecule has 1 heterocycles. The van der Waals surface area contributed by atoms with Crippen molar-refractivity contribution in [2.45, 2.75) is 26.4 Å². The second kappa shape index (κ2) is 4.14. The molecule has 4 heteroatoms. The van der Waals surface area contributed by atoms with E-state index in [4.69, 9.17) is 0 Å². The first kappa shape index (κ1) is 12.5. The van der Waals surface area contributed by atoms with Gasteiger partial charge in [0, 0.05) is 11.3 Å². The third kappa shape index (κ3) is 2.33. The summed E-state index contributed by atoms with van der Waals surface area (Å²) in [5.74, 6) is -0.460. The van der Waals surface area contributed by atoms with Gasteiger partial charge in [-0.05, 0) is 32.4 Å². The van der Waals surface area contributed by atoms with Gasteiger partial charge in [-0.2, -0.15) is 0 Å². The van der Waals surface area contributed by atoms with Crippen LogP contribution in [0.25, 0.3) is 5.57 Å². The summed E-state index contributed by atoms with van der Waals surface area (Å²) in [4.78, 5) is 14.3. The van der Waals surface area contributed by atoms with Gasteiger partial charge in [0.1, 0.15) is 5.69 Å². The van der Waals surface area contributed by atoms with E-state index in [2.05, 4.69) is 16.3 Å². The number of carbonyl (C=O) groups is 1. The SMILES string of the molecule is C=C(C)c1[nH]c(C(=O)OC)cc1C(C)(C)O. The zero-order valence-corrected chi connectivity index (χ0v) is 10.0. The molecule has 0 spiro atoms. The summed E-state index contributed by atoms with van der Waals surface area (Å²) in [5, 5.41) is 9.97. The normalized spacial score (nSPS) is 11.3. The molecule has 0 amide bonds. The number of allylic oxidation sites excluding steroid dienone is 1. The van der Waals surface area contributed by atoms with E-state index in [1.807, 2.05) is 6.92 Å². The lowest BCUT2D eigenvalue weighted by atomic mass is 9.96. The van der Waals surface area contributed by atoms with Crippen LogP contribution in [0.3, 0.4) is 0 Å². The lowest BCUT2D eigenvalue weighted by Crippen LogP contribution is -2.16.